The van der Waals surface area contributed by atoms with E-state index in [9.17, 15) is 18.9 Å². The molecular weight excluding hydrogens is 218 g/mol. The number of hydrogen-bond donors (Lipinski definition) is 0. The van der Waals surface area contributed by atoms with Crippen molar-refractivity contribution in [1.82, 2.24) is 0 Å². The van der Waals surface area contributed by atoms with Gasteiger partial charge in [-0.2, -0.15) is 0 Å². The van der Waals surface area contributed by atoms with Gasteiger partial charge in [0.2, 0.25) is 0 Å². The summed E-state index contributed by atoms with van der Waals surface area (Å²) in [6, 6.07) is 1.54. The minimum Gasteiger partial charge on any atom is -0.366 e. The predicted molar refractivity (Wildman–Crippen MR) is 54.5 cm³/mol. The van der Waals surface area contributed by atoms with Crippen molar-refractivity contribution in [1.29, 1.82) is 0 Å². The zero-order valence-electron chi connectivity index (χ0n) is 8.45. The highest BCUT2D eigenvalue weighted by atomic mass is 19.2. The minimum atomic E-state index is -1.19. The average molecular weight is 228 g/mol. The molecule has 1 saturated heterocycles. The largest absolute Gasteiger partial charge is 0.366 e. The van der Waals surface area contributed by atoms with E-state index in [0.29, 0.717) is 19.2 Å². The fraction of sp³-hybridized carbons (Fsp3) is 0.400. The second-order valence-corrected chi connectivity index (χ2v) is 3.71. The van der Waals surface area contributed by atoms with Crippen molar-refractivity contribution < 1.29 is 13.7 Å². The van der Waals surface area contributed by atoms with E-state index in [4.69, 9.17) is 0 Å². The van der Waals surface area contributed by atoms with E-state index >= 15 is 0 Å². The van der Waals surface area contributed by atoms with Crippen LogP contribution < -0.4 is 4.90 Å². The predicted octanol–water partition coefficient (Wildman–Crippen LogP) is 2.47. The molecule has 16 heavy (non-hydrogen) atoms. The van der Waals surface area contributed by atoms with Gasteiger partial charge in [-0.3, -0.25) is 10.1 Å². The molecule has 1 aliphatic rings. The Morgan fingerprint density at radius 2 is 1.75 bits per heavy atom. The molecule has 0 aliphatic carbocycles. The van der Waals surface area contributed by atoms with E-state index in [-0.39, 0.29) is 11.4 Å². The Labute approximate surface area is 90.6 Å². The first-order valence-electron chi connectivity index (χ1n) is 4.98. The first-order valence-corrected chi connectivity index (χ1v) is 4.98. The number of anilines is 1. The Balaban J connectivity index is 2.48. The third-order valence-corrected chi connectivity index (χ3v) is 2.66. The Morgan fingerprint density at radius 3 is 2.31 bits per heavy atom. The van der Waals surface area contributed by atoms with Crippen LogP contribution in [0.2, 0.25) is 0 Å². The van der Waals surface area contributed by atoms with Gasteiger partial charge >= 0.3 is 0 Å². The van der Waals surface area contributed by atoms with Crippen molar-refractivity contribution in [2.45, 2.75) is 12.8 Å². The fourth-order valence-corrected chi connectivity index (χ4v) is 1.88. The number of benzene rings is 1. The molecule has 0 N–H and O–H groups in total. The Hall–Kier alpha value is -1.72. The van der Waals surface area contributed by atoms with Gasteiger partial charge in [-0.1, -0.05) is 0 Å². The van der Waals surface area contributed by atoms with Gasteiger partial charge < -0.3 is 4.90 Å². The molecule has 0 saturated carbocycles. The standard InChI is InChI=1S/C10H10F2N2O2/c11-7-5-9(13-3-1-2-4-13)10(14(15)16)6-8(7)12/h5-6H,1-4H2. The van der Waals surface area contributed by atoms with Crippen molar-refractivity contribution in [3.8, 4) is 0 Å². The molecule has 1 aliphatic heterocycles. The lowest BCUT2D eigenvalue weighted by Gasteiger charge is -2.17. The normalized spacial score (nSPS) is 15.5. The molecular formula is C10H10F2N2O2. The van der Waals surface area contributed by atoms with Crippen LogP contribution in [-0.2, 0) is 0 Å². The van der Waals surface area contributed by atoms with E-state index in [2.05, 4.69) is 0 Å². The molecule has 0 atom stereocenters. The number of hydrogen-bond acceptors (Lipinski definition) is 3. The highest BCUT2D eigenvalue weighted by Gasteiger charge is 2.24. The lowest BCUT2D eigenvalue weighted by Crippen LogP contribution is -2.19. The van der Waals surface area contributed by atoms with Crippen LogP contribution in [0.4, 0.5) is 20.2 Å². The summed E-state index contributed by atoms with van der Waals surface area (Å²) in [5, 5.41) is 10.7. The third-order valence-electron chi connectivity index (χ3n) is 2.66. The number of nitro benzene ring substituents is 1. The highest BCUT2D eigenvalue weighted by molar-refractivity contribution is 5.63. The van der Waals surface area contributed by atoms with E-state index < -0.39 is 16.6 Å². The van der Waals surface area contributed by atoms with Gasteiger partial charge in [0.15, 0.2) is 11.6 Å². The second kappa shape index (κ2) is 4.03. The van der Waals surface area contributed by atoms with Crippen LogP contribution in [0.15, 0.2) is 12.1 Å². The van der Waals surface area contributed by atoms with E-state index in [1.165, 1.54) is 0 Å². The molecule has 2 rings (SSSR count). The summed E-state index contributed by atoms with van der Waals surface area (Å²) in [4.78, 5) is 11.8. The maximum Gasteiger partial charge on any atom is 0.295 e. The van der Waals surface area contributed by atoms with E-state index in [1.54, 1.807) is 4.90 Å². The van der Waals surface area contributed by atoms with Crippen LogP contribution >= 0.6 is 0 Å². The van der Waals surface area contributed by atoms with Crippen LogP contribution in [0.25, 0.3) is 0 Å². The minimum absolute atomic E-state index is 0.168. The summed E-state index contributed by atoms with van der Waals surface area (Å²) >= 11 is 0. The van der Waals surface area contributed by atoms with E-state index in [0.717, 1.165) is 18.9 Å². The molecule has 0 spiro atoms. The second-order valence-electron chi connectivity index (χ2n) is 3.71. The SMILES string of the molecule is O=[N+]([O-])c1cc(F)c(F)cc1N1CCCC1. The molecule has 0 amide bonds. The average Bonchev–Trinajstić information content (AvgIpc) is 2.74. The molecule has 6 heteroatoms. The van der Waals surface area contributed by atoms with Gasteiger partial charge in [0.05, 0.1) is 11.0 Å². The Kier molecular flexibility index (Phi) is 2.72. The summed E-state index contributed by atoms with van der Waals surface area (Å²) in [6.07, 6.45) is 1.83. The van der Waals surface area contributed by atoms with Crippen LogP contribution in [0.3, 0.4) is 0 Å². The van der Waals surface area contributed by atoms with Crippen LogP contribution in [-0.4, -0.2) is 18.0 Å². The number of nitrogens with zero attached hydrogens (tertiary/aromatic N) is 2. The van der Waals surface area contributed by atoms with Crippen molar-refractivity contribution in [3.05, 3.63) is 33.9 Å². The van der Waals surface area contributed by atoms with Crippen molar-refractivity contribution in [3.63, 3.8) is 0 Å². The monoisotopic (exact) mass is 228 g/mol. The molecule has 4 nitrogen and oxygen atoms in total. The summed E-state index contributed by atoms with van der Waals surface area (Å²) in [5.74, 6) is -2.23. The van der Waals surface area contributed by atoms with Gasteiger partial charge in [0.25, 0.3) is 5.69 Å². The quantitative estimate of drug-likeness (QED) is 0.577. The van der Waals surface area contributed by atoms with Gasteiger partial charge in [0, 0.05) is 19.2 Å². The molecule has 1 aromatic carbocycles. The fourth-order valence-electron chi connectivity index (χ4n) is 1.88. The van der Waals surface area contributed by atoms with Crippen LogP contribution in [0.1, 0.15) is 12.8 Å². The van der Waals surface area contributed by atoms with Crippen molar-refractivity contribution in [2.75, 3.05) is 18.0 Å². The topological polar surface area (TPSA) is 46.4 Å². The first-order chi connectivity index (χ1) is 7.59. The first kappa shape index (κ1) is 10.8. The number of rotatable bonds is 2. The number of halogens is 2. The van der Waals surface area contributed by atoms with Crippen LogP contribution in [0.5, 0.6) is 0 Å². The van der Waals surface area contributed by atoms with Gasteiger partial charge in [-0.05, 0) is 12.8 Å². The Bertz CT molecular complexity index is 431. The van der Waals surface area contributed by atoms with Crippen molar-refractivity contribution in [2.24, 2.45) is 0 Å². The van der Waals surface area contributed by atoms with Gasteiger partial charge in [-0.15, -0.1) is 0 Å². The summed E-state index contributed by atoms with van der Waals surface area (Å²) in [5.41, 5.74) is -0.206. The lowest BCUT2D eigenvalue weighted by atomic mass is 10.2. The molecule has 0 unspecified atom stereocenters. The lowest BCUT2D eigenvalue weighted by molar-refractivity contribution is -0.384. The van der Waals surface area contributed by atoms with Gasteiger partial charge in [-0.25, -0.2) is 8.78 Å². The maximum atomic E-state index is 13.1. The molecule has 1 heterocycles. The summed E-state index contributed by atoms with van der Waals surface area (Å²) in [6.45, 7) is 1.29. The molecule has 86 valence electrons. The number of nitro groups is 1. The third kappa shape index (κ3) is 1.82. The smallest absolute Gasteiger partial charge is 0.295 e. The molecule has 1 fully saturated rings. The molecule has 0 radical (unpaired) electrons. The zero-order valence-corrected chi connectivity index (χ0v) is 8.45. The van der Waals surface area contributed by atoms with Gasteiger partial charge in [0.1, 0.15) is 5.69 Å². The molecule has 0 aromatic heterocycles. The highest BCUT2D eigenvalue weighted by Crippen LogP contribution is 2.32. The van der Waals surface area contributed by atoms with Crippen molar-refractivity contribution >= 4 is 11.4 Å². The maximum absolute atomic E-state index is 13.1. The Morgan fingerprint density at radius 1 is 1.19 bits per heavy atom. The molecule has 1 aromatic rings. The molecule has 0 bridgehead atoms. The summed E-state index contributed by atoms with van der Waals surface area (Å²) in [7, 11) is 0. The van der Waals surface area contributed by atoms with E-state index in [1.807, 2.05) is 0 Å². The van der Waals surface area contributed by atoms with Crippen LogP contribution in [0, 0.1) is 21.7 Å². The summed E-state index contributed by atoms with van der Waals surface area (Å²) < 4.78 is 26.0. The zero-order chi connectivity index (χ0) is 11.7.